The van der Waals surface area contributed by atoms with Crippen LogP contribution in [0, 0.1) is 17.6 Å². The van der Waals surface area contributed by atoms with Crippen molar-refractivity contribution < 1.29 is 17.2 Å². The number of hydrogen-bond acceptors (Lipinski definition) is 5. The van der Waals surface area contributed by atoms with Gasteiger partial charge in [0.2, 0.25) is 10.0 Å². The predicted molar refractivity (Wildman–Crippen MR) is 137 cm³/mol. The van der Waals surface area contributed by atoms with Gasteiger partial charge in [-0.15, -0.1) is 0 Å². The third-order valence-electron chi connectivity index (χ3n) is 6.14. The van der Waals surface area contributed by atoms with Crippen LogP contribution < -0.4 is 5.32 Å². The quantitative estimate of drug-likeness (QED) is 0.313. The highest BCUT2D eigenvalue weighted by atomic mass is 79.9. The maximum atomic E-state index is 14.2. The van der Waals surface area contributed by atoms with Gasteiger partial charge in [0, 0.05) is 42.4 Å². The molecule has 0 amide bonds. The van der Waals surface area contributed by atoms with E-state index in [4.69, 9.17) is 16.6 Å². The first kappa shape index (κ1) is 25.1. The van der Waals surface area contributed by atoms with Crippen LogP contribution in [0.5, 0.6) is 0 Å². The summed E-state index contributed by atoms with van der Waals surface area (Å²) in [6.45, 7) is 0.939. The van der Waals surface area contributed by atoms with Gasteiger partial charge in [0.15, 0.2) is 5.65 Å². The molecule has 1 aliphatic heterocycles. The number of aromatic nitrogens is 3. The summed E-state index contributed by atoms with van der Waals surface area (Å²) in [5.41, 5.74) is 2.04. The highest BCUT2D eigenvalue weighted by Gasteiger charge is 2.32. The summed E-state index contributed by atoms with van der Waals surface area (Å²) in [5, 5.41) is 8.33. The molecule has 3 heterocycles. The molecule has 7 nitrogen and oxygen atoms in total. The van der Waals surface area contributed by atoms with Crippen LogP contribution >= 0.6 is 27.5 Å². The Kier molecular flexibility index (Phi) is 6.99. The van der Waals surface area contributed by atoms with E-state index in [1.54, 1.807) is 16.8 Å². The molecule has 1 saturated heterocycles. The summed E-state index contributed by atoms with van der Waals surface area (Å²) >= 11 is 9.88. The van der Waals surface area contributed by atoms with Crippen molar-refractivity contribution in [2.75, 3.05) is 25.0 Å². The second-order valence-corrected chi connectivity index (χ2v) is 11.7. The molecule has 1 atom stereocenters. The molecule has 2 aromatic carbocycles. The maximum absolute atomic E-state index is 14.2. The minimum absolute atomic E-state index is 0.0389. The van der Waals surface area contributed by atoms with E-state index in [0.29, 0.717) is 41.2 Å². The summed E-state index contributed by atoms with van der Waals surface area (Å²) < 4.78 is 57.3. The van der Waals surface area contributed by atoms with E-state index >= 15 is 0 Å². The molecule has 36 heavy (non-hydrogen) atoms. The van der Waals surface area contributed by atoms with Crippen LogP contribution in [0.3, 0.4) is 0 Å². The fraction of sp³-hybridized carbons (Fsp3) is 0.250. The molecule has 0 radical (unpaired) electrons. The topological polar surface area (TPSA) is 79.6 Å². The predicted octanol–water partition coefficient (Wildman–Crippen LogP) is 5.60. The first-order valence-electron chi connectivity index (χ1n) is 11.2. The van der Waals surface area contributed by atoms with Crippen LogP contribution in [-0.4, -0.2) is 47.0 Å². The average Bonchev–Trinajstić information content (AvgIpc) is 3.23. The molecular weight excluding hydrogens is 576 g/mol. The van der Waals surface area contributed by atoms with E-state index in [0.717, 1.165) is 28.6 Å². The molecule has 0 aliphatic carbocycles. The number of nitrogens with zero attached hydrogens (tertiary/aromatic N) is 4. The SMILES string of the molecule is O=S(=O)(c1ccc(F)cc1F)N1CCCC(CNc2cc(-c3ccccc3Cl)nc3c(Br)cnn23)C1. The summed E-state index contributed by atoms with van der Waals surface area (Å²) in [4.78, 5) is 4.18. The van der Waals surface area contributed by atoms with Crippen molar-refractivity contribution in [1.29, 1.82) is 0 Å². The molecule has 2 aromatic heterocycles. The largest absolute Gasteiger partial charge is 0.370 e. The summed E-state index contributed by atoms with van der Waals surface area (Å²) in [7, 11) is -4.09. The lowest BCUT2D eigenvalue weighted by Crippen LogP contribution is -2.42. The Morgan fingerprint density at radius 2 is 1.97 bits per heavy atom. The zero-order valence-corrected chi connectivity index (χ0v) is 22.0. The Morgan fingerprint density at radius 1 is 1.17 bits per heavy atom. The van der Waals surface area contributed by atoms with Gasteiger partial charge >= 0.3 is 0 Å². The van der Waals surface area contributed by atoms with Crippen molar-refractivity contribution in [3.05, 3.63) is 75.9 Å². The number of halogens is 4. The molecule has 5 rings (SSSR count). The van der Waals surface area contributed by atoms with Gasteiger partial charge in [-0.2, -0.15) is 13.9 Å². The third-order valence-corrected chi connectivity index (χ3v) is 8.93. The number of piperidine rings is 1. The van der Waals surface area contributed by atoms with Crippen molar-refractivity contribution >= 4 is 49.0 Å². The molecule has 1 aliphatic rings. The molecule has 4 aromatic rings. The average molecular weight is 597 g/mol. The monoisotopic (exact) mass is 595 g/mol. The van der Waals surface area contributed by atoms with E-state index in [2.05, 4.69) is 26.3 Å². The Balaban J connectivity index is 1.38. The van der Waals surface area contributed by atoms with Crippen molar-refractivity contribution in [3.8, 4) is 11.3 Å². The van der Waals surface area contributed by atoms with Crippen LogP contribution in [0.1, 0.15) is 12.8 Å². The highest BCUT2D eigenvalue weighted by molar-refractivity contribution is 9.10. The van der Waals surface area contributed by atoms with Crippen molar-refractivity contribution in [2.45, 2.75) is 17.7 Å². The van der Waals surface area contributed by atoms with E-state index in [1.807, 2.05) is 24.3 Å². The fourth-order valence-electron chi connectivity index (χ4n) is 4.35. The summed E-state index contributed by atoms with van der Waals surface area (Å²) in [6.07, 6.45) is 3.06. The van der Waals surface area contributed by atoms with E-state index < -0.39 is 26.6 Å². The van der Waals surface area contributed by atoms with E-state index in [-0.39, 0.29) is 19.0 Å². The number of rotatable bonds is 6. The Morgan fingerprint density at radius 3 is 2.75 bits per heavy atom. The molecule has 1 fully saturated rings. The van der Waals surface area contributed by atoms with Gasteiger partial charge in [0.05, 0.1) is 16.4 Å². The normalized spacial score (nSPS) is 16.9. The molecule has 0 saturated carbocycles. The zero-order valence-electron chi connectivity index (χ0n) is 18.8. The lowest BCUT2D eigenvalue weighted by Gasteiger charge is -2.32. The van der Waals surface area contributed by atoms with Gasteiger partial charge in [0.1, 0.15) is 22.3 Å². The highest BCUT2D eigenvalue weighted by Crippen LogP contribution is 2.31. The Hall–Kier alpha value is -2.60. The smallest absolute Gasteiger partial charge is 0.245 e. The molecule has 0 spiro atoms. The lowest BCUT2D eigenvalue weighted by molar-refractivity contribution is 0.274. The van der Waals surface area contributed by atoms with Gasteiger partial charge in [-0.25, -0.2) is 22.2 Å². The Bertz CT molecular complexity index is 1550. The first-order valence-corrected chi connectivity index (χ1v) is 13.8. The van der Waals surface area contributed by atoms with Gasteiger partial charge in [-0.05, 0) is 52.9 Å². The second kappa shape index (κ2) is 10.0. The van der Waals surface area contributed by atoms with E-state index in [9.17, 15) is 17.2 Å². The standard InChI is InChI=1S/C24H21BrClF2N5O2S/c25-18-13-30-33-23(11-21(31-24(18)33)17-5-1-2-6-19(17)26)29-12-15-4-3-9-32(14-15)36(34,35)22-8-7-16(27)10-20(22)28/h1-2,5-8,10-11,13,15,29H,3-4,9,12,14H2. The van der Waals surface area contributed by atoms with Gasteiger partial charge in [-0.3, -0.25) is 0 Å². The first-order chi connectivity index (χ1) is 17.2. The third kappa shape index (κ3) is 4.84. The molecule has 1 N–H and O–H groups in total. The van der Waals surface area contributed by atoms with Crippen LogP contribution in [0.15, 0.2) is 64.1 Å². The van der Waals surface area contributed by atoms with Crippen LogP contribution in [0.25, 0.3) is 16.9 Å². The minimum Gasteiger partial charge on any atom is -0.370 e. The van der Waals surface area contributed by atoms with Crippen molar-refractivity contribution in [1.82, 2.24) is 18.9 Å². The van der Waals surface area contributed by atoms with E-state index in [1.165, 1.54) is 4.31 Å². The van der Waals surface area contributed by atoms with Gasteiger partial charge in [0.25, 0.3) is 0 Å². The van der Waals surface area contributed by atoms with Crippen LogP contribution in [-0.2, 0) is 10.0 Å². The summed E-state index contributed by atoms with van der Waals surface area (Å²) in [5.74, 6) is -1.28. The van der Waals surface area contributed by atoms with Crippen LogP contribution in [0.2, 0.25) is 5.02 Å². The number of sulfonamides is 1. The lowest BCUT2D eigenvalue weighted by atomic mass is 10.00. The second-order valence-electron chi connectivity index (χ2n) is 8.56. The molecule has 12 heteroatoms. The number of hydrogen-bond donors (Lipinski definition) is 1. The van der Waals surface area contributed by atoms with Gasteiger partial charge in [-0.1, -0.05) is 29.8 Å². The number of fused-ring (bicyclic) bond motifs is 1. The fourth-order valence-corrected chi connectivity index (χ4v) is 6.53. The maximum Gasteiger partial charge on any atom is 0.245 e. The van der Waals surface area contributed by atoms with Crippen molar-refractivity contribution in [3.63, 3.8) is 0 Å². The number of benzene rings is 2. The molecule has 188 valence electrons. The molecule has 1 unspecified atom stereocenters. The minimum atomic E-state index is -4.09. The molecule has 0 bridgehead atoms. The zero-order chi connectivity index (χ0) is 25.4. The number of nitrogens with one attached hydrogen (secondary N) is 1. The molecular formula is C24H21BrClF2N5O2S. The number of anilines is 1. The van der Waals surface area contributed by atoms with Gasteiger partial charge < -0.3 is 5.32 Å². The van der Waals surface area contributed by atoms with Crippen molar-refractivity contribution in [2.24, 2.45) is 5.92 Å². The summed E-state index contributed by atoms with van der Waals surface area (Å²) in [6, 6.07) is 11.8. The van der Waals surface area contributed by atoms with Crippen LogP contribution in [0.4, 0.5) is 14.6 Å². The Labute approximate surface area is 220 Å².